The van der Waals surface area contributed by atoms with Crippen molar-refractivity contribution in [1.82, 2.24) is 0 Å². The quantitative estimate of drug-likeness (QED) is 0.798. The van der Waals surface area contributed by atoms with Gasteiger partial charge in [0.05, 0.1) is 26.2 Å². The van der Waals surface area contributed by atoms with Gasteiger partial charge in [0, 0.05) is 23.9 Å². The van der Waals surface area contributed by atoms with Crippen LogP contribution in [0.25, 0.3) is 0 Å². The molecule has 2 aromatic rings. The van der Waals surface area contributed by atoms with Crippen molar-refractivity contribution in [2.45, 2.75) is 25.4 Å². The fourth-order valence-corrected chi connectivity index (χ4v) is 3.29. The highest BCUT2D eigenvalue weighted by Gasteiger charge is 2.32. The van der Waals surface area contributed by atoms with Crippen LogP contribution in [0.1, 0.15) is 23.1 Å². The monoisotopic (exact) mass is 379 g/mol. The molecule has 0 saturated heterocycles. The van der Waals surface area contributed by atoms with Crippen LogP contribution in [0.2, 0.25) is 0 Å². The van der Waals surface area contributed by atoms with Crippen LogP contribution in [0, 0.1) is 0 Å². The van der Waals surface area contributed by atoms with Crippen molar-refractivity contribution in [3.63, 3.8) is 0 Å². The van der Waals surface area contributed by atoms with Crippen molar-refractivity contribution >= 4 is 11.6 Å². The first-order valence-electron chi connectivity index (χ1n) is 8.55. The summed E-state index contributed by atoms with van der Waals surface area (Å²) in [6, 6.07) is 8.75. The van der Waals surface area contributed by atoms with Gasteiger partial charge in [-0.3, -0.25) is 4.79 Å². The van der Waals surface area contributed by atoms with Gasteiger partial charge in [-0.25, -0.2) is 0 Å². The number of alkyl halides is 3. The van der Waals surface area contributed by atoms with E-state index in [0.717, 1.165) is 12.1 Å². The number of amides is 1. The Balaban J connectivity index is 1.85. The van der Waals surface area contributed by atoms with E-state index in [0.29, 0.717) is 47.7 Å². The molecule has 0 aliphatic carbocycles. The zero-order valence-electron chi connectivity index (χ0n) is 15.1. The lowest BCUT2D eigenvalue weighted by molar-refractivity contribution is -0.137. The van der Waals surface area contributed by atoms with Crippen LogP contribution in [0.15, 0.2) is 36.4 Å². The van der Waals surface area contributed by atoms with Gasteiger partial charge < -0.3 is 14.4 Å². The summed E-state index contributed by atoms with van der Waals surface area (Å²) in [5, 5.41) is 0. The zero-order chi connectivity index (χ0) is 19.6. The highest BCUT2D eigenvalue weighted by molar-refractivity contribution is 5.96. The fourth-order valence-electron chi connectivity index (χ4n) is 3.29. The molecular weight excluding hydrogens is 359 g/mol. The molecule has 0 radical (unpaired) electrons. The molecule has 1 aliphatic rings. The minimum absolute atomic E-state index is 0.0909. The summed E-state index contributed by atoms with van der Waals surface area (Å²) in [5.74, 6) is 0.970. The lowest BCUT2D eigenvalue weighted by Crippen LogP contribution is -2.36. The van der Waals surface area contributed by atoms with E-state index in [1.807, 2.05) is 0 Å². The van der Waals surface area contributed by atoms with Gasteiger partial charge in [0.2, 0.25) is 5.91 Å². The summed E-state index contributed by atoms with van der Waals surface area (Å²) in [4.78, 5) is 14.4. The molecule has 0 atom stereocenters. The lowest BCUT2D eigenvalue weighted by atomic mass is 9.98. The molecule has 0 unspecified atom stereocenters. The molecule has 27 heavy (non-hydrogen) atoms. The van der Waals surface area contributed by atoms with Crippen molar-refractivity contribution in [1.29, 1.82) is 0 Å². The average Bonchev–Trinajstić information content (AvgIpc) is 2.66. The van der Waals surface area contributed by atoms with E-state index in [1.54, 1.807) is 30.2 Å². The maximum Gasteiger partial charge on any atom is 0.416 e. The third-order valence-electron chi connectivity index (χ3n) is 4.66. The molecule has 0 aromatic heterocycles. The van der Waals surface area contributed by atoms with Gasteiger partial charge >= 0.3 is 6.18 Å². The minimum atomic E-state index is -4.39. The molecule has 0 N–H and O–H groups in total. The molecule has 1 amide bonds. The van der Waals surface area contributed by atoms with Gasteiger partial charge in [0.25, 0.3) is 0 Å². The van der Waals surface area contributed by atoms with Crippen molar-refractivity contribution in [3.8, 4) is 11.5 Å². The molecule has 0 spiro atoms. The SMILES string of the molecule is COc1ccc(CC(=O)N2CCCc3cc(C(F)(F)F)ccc32)c(OC)c1. The predicted octanol–water partition coefficient (Wildman–Crippen LogP) is 4.24. The Labute approximate surface area is 155 Å². The molecule has 1 heterocycles. The molecule has 7 heteroatoms. The van der Waals surface area contributed by atoms with Crippen molar-refractivity contribution in [2.75, 3.05) is 25.7 Å². The molecule has 0 fully saturated rings. The Morgan fingerprint density at radius 2 is 1.89 bits per heavy atom. The predicted molar refractivity (Wildman–Crippen MR) is 95.4 cm³/mol. The molecule has 3 rings (SSSR count). The van der Waals surface area contributed by atoms with E-state index in [-0.39, 0.29) is 12.3 Å². The number of carbonyl (C=O) groups is 1. The van der Waals surface area contributed by atoms with Crippen molar-refractivity contribution < 1.29 is 27.4 Å². The third kappa shape index (κ3) is 4.02. The Hall–Kier alpha value is -2.70. The second-order valence-corrected chi connectivity index (χ2v) is 6.34. The Morgan fingerprint density at radius 1 is 1.11 bits per heavy atom. The van der Waals surface area contributed by atoms with E-state index in [2.05, 4.69) is 0 Å². The normalized spacial score (nSPS) is 13.9. The number of benzene rings is 2. The molecule has 2 aromatic carbocycles. The number of halogens is 3. The summed E-state index contributed by atoms with van der Waals surface area (Å²) >= 11 is 0. The summed E-state index contributed by atoms with van der Waals surface area (Å²) in [6.45, 7) is 0.482. The summed E-state index contributed by atoms with van der Waals surface area (Å²) in [5.41, 5.74) is 1.10. The molecule has 144 valence electrons. The largest absolute Gasteiger partial charge is 0.497 e. The van der Waals surface area contributed by atoms with E-state index in [9.17, 15) is 18.0 Å². The number of carbonyl (C=O) groups excluding carboxylic acids is 1. The van der Waals surface area contributed by atoms with Crippen molar-refractivity contribution in [2.24, 2.45) is 0 Å². The van der Waals surface area contributed by atoms with Gasteiger partial charge in [-0.15, -0.1) is 0 Å². The first-order chi connectivity index (χ1) is 12.8. The van der Waals surface area contributed by atoms with E-state index in [1.165, 1.54) is 13.2 Å². The van der Waals surface area contributed by atoms with Crippen LogP contribution in [0.5, 0.6) is 11.5 Å². The number of hydrogen-bond acceptors (Lipinski definition) is 3. The van der Waals surface area contributed by atoms with Crippen LogP contribution in [-0.2, 0) is 23.8 Å². The van der Waals surface area contributed by atoms with E-state index < -0.39 is 11.7 Å². The number of nitrogens with zero attached hydrogens (tertiary/aromatic N) is 1. The maximum absolute atomic E-state index is 12.9. The number of rotatable bonds is 4. The number of methoxy groups -OCH3 is 2. The topological polar surface area (TPSA) is 38.8 Å². The number of hydrogen-bond donors (Lipinski definition) is 0. The first-order valence-corrected chi connectivity index (χ1v) is 8.55. The minimum Gasteiger partial charge on any atom is -0.497 e. The van der Waals surface area contributed by atoms with Crippen LogP contribution >= 0.6 is 0 Å². The second-order valence-electron chi connectivity index (χ2n) is 6.34. The maximum atomic E-state index is 12.9. The summed E-state index contributed by atoms with van der Waals surface area (Å²) < 4.78 is 49.3. The molecule has 0 bridgehead atoms. The second kappa shape index (κ2) is 7.50. The average molecular weight is 379 g/mol. The fraction of sp³-hybridized carbons (Fsp3) is 0.350. The lowest BCUT2D eigenvalue weighted by Gasteiger charge is -2.30. The van der Waals surface area contributed by atoms with Crippen LogP contribution in [0.4, 0.5) is 18.9 Å². The Kier molecular flexibility index (Phi) is 5.30. The first kappa shape index (κ1) is 19.1. The smallest absolute Gasteiger partial charge is 0.416 e. The van der Waals surface area contributed by atoms with Gasteiger partial charge in [-0.1, -0.05) is 6.07 Å². The summed E-state index contributed by atoms with van der Waals surface area (Å²) in [7, 11) is 3.05. The molecule has 1 aliphatic heterocycles. The van der Waals surface area contributed by atoms with Gasteiger partial charge in [-0.05, 0) is 42.7 Å². The third-order valence-corrected chi connectivity index (χ3v) is 4.66. The van der Waals surface area contributed by atoms with Crippen LogP contribution in [-0.4, -0.2) is 26.7 Å². The number of aryl methyl sites for hydroxylation is 1. The van der Waals surface area contributed by atoms with Gasteiger partial charge in [0.15, 0.2) is 0 Å². The van der Waals surface area contributed by atoms with Crippen LogP contribution in [0.3, 0.4) is 0 Å². The highest BCUT2D eigenvalue weighted by atomic mass is 19.4. The standard InChI is InChI=1S/C20H20F3NO3/c1-26-16-7-5-14(18(12-16)27-2)11-19(25)24-9-3-4-13-10-15(20(21,22)23)6-8-17(13)24/h5-8,10,12H,3-4,9,11H2,1-2H3. The highest BCUT2D eigenvalue weighted by Crippen LogP contribution is 2.35. The molecular formula is C20H20F3NO3. The number of ether oxygens (including phenoxy) is 2. The van der Waals surface area contributed by atoms with Gasteiger partial charge in [0.1, 0.15) is 11.5 Å². The van der Waals surface area contributed by atoms with Crippen molar-refractivity contribution in [3.05, 3.63) is 53.1 Å². The summed E-state index contributed by atoms with van der Waals surface area (Å²) in [6.07, 6.45) is -3.15. The van der Waals surface area contributed by atoms with Gasteiger partial charge in [-0.2, -0.15) is 13.2 Å². The number of anilines is 1. The Bertz CT molecular complexity index is 849. The molecule has 0 saturated carbocycles. The van der Waals surface area contributed by atoms with Crippen LogP contribution < -0.4 is 14.4 Å². The zero-order valence-corrected chi connectivity index (χ0v) is 15.1. The van der Waals surface area contributed by atoms with E-state index >= 15 is 0 Å². The molecule has 4 nitrogen and oxygen atoms in total. The Morgan fingerprint density at radius 3 is 2.56 bits per heavy atom. The van der Waals surface area contributed by atoms with E-state index in [4.69, 9.17) is 9.47 Å². The number of fused-ring (bicyclic) bond motifs is 1.